The fourth-order valence-corrected chi connectivity index (χ4v) is 3.26. The Morgan fingerprint density at radius 1 is 1.30 bits per heavy atom. The third-order valence-corrected chi connectivity index (χ3v) is 4.47. The molecule has 1 amide bonds. The van der Waals surface area contributed by atoms with Gasteiger partial charge in [0.1, 0.15) is 5.75 Å². The van der Waals surface area contributed by atoms with Crippen molar-refractivity contribution >= 4 is 5.91 Å². The topological polar surface area (TPSA) is 58.4 Å². The molecule has 2 heterocycles. The molecule has 3 rings (SSSR count). The number of rotatable bonds is 4. The quantitative estimate of drug-likeness (QED) is 0.944. The maximum Gasteiger partial charge on any atom is 0.222 e. The van der Waals surface area contributed by atoms with Crippen LogP contribution in [-0.4, -0.2) is 38.8 Å². The Hall–Kier alpha value is -2.30. The predicted octanol–water partition coefficient (Wildman–Crippen LogP) is 2.61. The van der Waals surface area contributed by atoms with Crippen molar-refractivity contribution in [2.45, 2.75) is 39.2 Å². The van der Waals surface area contributed by atoms with Crippen molar-refractivity contribution in [2.75, 3.05) is 13.1 Å². The Kier molecular flexibility index (Phi) is 4.37. The van der Waals surface area contributed by atoms with Gasteiger partial charge in [-0.1, -0.05) is 12.1 Å². The maximum absolute atomic E-state index is 12.4. The zero-order chi connectivity index (χ0) is 16.4. The fourth-order valence-electron chi connectivity index (χ4n) is 3.26. The first-order valence-corrected chi connectivity index (χ1v) is 8.11. The number of amides is 1. The van der Waals surface area contributed by atoms with Crippen LogP contribution < -0.4 is 0 Å². The molecule has 1 aliphatic heterocycles. The summed E-state index contributed by atoms with van der Waals surface area (Å²) in [5.74, 6) is 0.453. The van der Waals surface area contributed by atoms with Gasteiger partial charge in [0.05, 0.1) is 11.7 Å². The van der Waals surface area contributed by atoms with Crippen LogP contribution in [0.2, 0.25) is 0 Å². The Bertz CT molecular complexity index is 691. The van der Waals surface area contributed by atoms with Gasteiger partial charge < -0.3 is 10.0 Å². The molecule has 1 aromatic carbocycles. The first-order valence-electron chi connectivity index (χ1n) is 8.11. The van der Waals surface area contributed by atoms with E-state index < -0.39 is 0 Å². The van der Waals surface area contributed by atoms with E-state index in [9.17, 15) is 9.90 Å². The van der Waals surface area contributed by atoms with Gasteiger partial charge in [-0.2, -0.15) is 5.10 Å². The number of aromatic nitrogens is 2. The molecule has 1 atom stereocenters. The summed E-state index contributed by atoms with van der Waals surface area (Å²) in [4.78, 5) is 14.3. The van der Waals surface area contributed by atoms with Crippen LogP contribution in [0.3, 0.4) is 0 Å². The minimum absolute atomic E-state index is 0.196. The Labute approximate surface area is 136 Å². The number of likely N-dealkylation sites (tertiary alicyclic amines) is 1. The average molecular weight is 313 g/mol. The van der Waals surface area contributed by atoms with Crippen LogP contribution in [0, 0.1) is 13.8 Å². The molecule has 1 aromatic heterocycles. The predicted molar refractivity (Wildman–Crippen MR) is 88.4 cm³/mol. The summed E-state index contributed by atoms with van der Waals surface area (Å²) in [6.07, 6.45) is 2.18. The molecular formula is C18H23N3O2. The van der Waals surface area contributed by atoms with Gasteiger partial charge in [-0.15, -0.1) is 0 Å². The molecule has 0 spiro atoms. The summed E-state index contributed by atoms with van der Waals surface area (Å²) in [5.41, 5.74) is 3.26. The van der Waals surface area contributed by atoms with E-state index in [-0.39, 0.29) is 11.7 Å². The molecule has 1 unspecified atom stereocenters. The molecule has 5 nitrogen and oxygen atoms in total. The largest absolute Gasteiger partial charge is 0.508 e. The lowest BCUT2D eigenvalue weighted by Gasteiger charge is -2.17. The van der Waals surface area contributed by atoms with E-state index >= 15 is 0 Å². The summed E-state index contributed by atoms with van der Waals surface area (Å²) < 4.78 is 2.06. The standard InChI is InChI=1S/C18H23N3O2/c1-13-11-14(2)21(19-13)16-9-10-20(12-16)18(23)8-5-15-3-6-17(22)7-4-15/h3-4,6-7,11,16,22H,5,8-10,12H2,1-2H3. The van der Waals surface area contributed by atoms with E-state index in [1.165, 1.54) is 0 Å². The molecule has 0 bridgehead atoms. The molecule has 1 N–H and O–H groups in total. The summed E-state index contributed by atoms with van der Waals surface area (Å²) in [7, 11) is 0. The van der Waals surface area contributed by atoms with E-state index in [0.29, 0.717) is 18.9 Å². The second-order valence-electron chi connectivity index (χ2n) is 6.32. The highest BCUT2D eigenvalue weighted by Gasteiger charge is 2.28. The van der Waals surface area contributed by atoms with E-state index in [1.807, 2.05) is 24.0 Å². The minimum Gasteiger partial charge on any atom is -0.508 e. The van der Waals surface area contributed by atoms with Gasteiger partial charge in [0.15, 0.2) is 0 Å². The van der Waals surface area contributed by atoms with Crippen molar-refractivity contribution in [3.8, 4) is 5.75 Å². The monoisotopic (exact) mass is 313 g/mol. The summed E-state index contributed by atoms with van der Waals surface area (Å²) >= 11 is 0. The number of phenolic OH excluding ortho intramolecular Hbond substituents is 1. The molecule has 0 aliphatic carbocycles. The summed E-state index contributed by atoms with van der Waals surface area (Å²) in [5, 5.41) is 13.8. The molecule has 122 valence electrons. The van der Waals surface area contributed by atoms with Crippen molar-refractivity contribution in [3.63, 3.8) is 0 Å². The highest BCUT2D eigenvalue weighted by atomic mass is 16.3. The first kappa shape index (κ1) is 15.6. The molecule has 23 heavy (non-hydrogen) atoms. The lowest BCUT2D eigenvalue weighted by Crippen LogP contribution is -2.29. The highest BCUT2D eigenvalue weighted by molar-refractivity contribution is 5.76. The number of carbonyl (C=O) groups excluding carboxylic acids is 1. The number of hydrogen-bond acceptors (Lipinski definition) is 3. The van der Waals surface area contributed by atoms with Gasteiger partial charge in [0.25, 0.3) is 0 Å². The van der Waals surface area contributed by atoms with E-state index in [0.717, 1.165) is 36.5 Å². The van der Waals surface area contributed by atoms with Crippen LogP contribution >= 0.6 is 0 Å². The Morgan fingerprint density at radius 2 is 2.04 bits per heavy atom. The Balaban J connectivity index is 1.55. The van der Waals surface area contributed by atoms with Crippen LogP contribution in [0.4, 0.5) is 0 Å². The number of nitrogens with zero attached hydrogens (tertiary/aromatic N) is 3. The highest BCUT2D eigenvalue weighted by Crippen LogP contribution is 2.24. The second kappa shape index (κ2) is 6.44. The van der Waals surface area contributed by atoms with Gasteiger partial charge in [0, 0.05) is 25.2 Å². The van der Waals surface area contributed by atoms with Crippen LogP contribution in [0.1, 0.15) is 35.8 Å². The molecule has 1 aliphatic rings. The van der Waals surface area contributed by atoms with Gasteiger partial charge in [-0.25, -0.2) is 0 Å². The van der Waals surface area contributed by atoms with Crippen LogP contribution in [0.25, 0.3) is 0 Å². The number of aromatic hydroxyl groups is 1. The van der Waals surface area contributed by atoms with E-state index in [1.54, 1.807) is 12.1 Å². The number of phenols is 1. The van der Waals surface area contributed by atoms with Crippen molar-refractivity contribution < 1.29 is 9.90 Å². The number of benzene rings is 1. The molecular weight excluding hydrogens is 290 g/mol. The summed E-state index contributed by atoms with van der Waals surface area (Å²) in [6.45, 7) is 5.61. The van der Waals surface area contributed by atoms with E-state index in [2.05, 4.69) is 22.8 Å². The zero-order valence-corrected chi connectivity index (χ0v) is 13.7. The lowest BCUT2D eigenvalue weighted by molar-refractivity contribution is -0.130. The summed E-state index contributed by atoms with van der Waals surface area (Å²) in [6, 6.07) is 9.43. The van der Waals surface area contributed by atoms with Crippen LogP contribution in [-0.2, 0) is 11.2 Å². The van der Waals surface area contributed by atoms with Gasteiger partial charge in [-0.05, 0) is 50.5 Å². The molecule has 1 saturated heterocycles. The average Bonchev–Trinajstić information content (AvgIpc) is 3.13. The molecule has 2 aromatic rings. The van der Waals surface area contributed by atoms with Crippen molar-refractivity contribution in [1.82, 2.24) is 14.7 Å². The molecule has 0 saturated carbocycles. The van der Waals surface area contributed by atoms with Crippen LogP contribution in [0.5, 0.6) is 5.75 Å². The third-order valence-electron chi connectivity index (χ3n) is 4.47. The third kappa shape index (κ3) is 3.55. The maximum atomic E-state index is 12.4. The second-order valence-corrected chi connectivity index (χ2v) is 6.32. The van der Waals surface area contributed by atoms with Crippen molar-refractivity contribution in [2.24, 2.45) is 0 Å². The van der Waals surface area contributed by atoms with Crippen molar-refractivity contribution in [3.05, 3.63) is 47.3 Å². The Morgan fingerprint density at radius 3 is 2.70 bits per heavy atom. The fraction of sp³-hybridized carbons (Fsp3) is 0.444. The normalized spacial score (nSPS) is 17.7. The smallest absolute Gasteiger partial charge is 0.222 e. The molecule has 5 heteroatoms. The number of aryl methyl sites for hydroxylation is 3. The lowest BCUT2D eigenvalue weighted by atomic mass is 10.1. The zero-order valence-electron chi connectivity index (χ0n) is 13.7. The van der Waals surface area contributed by atoms with Gasteiger partial charge >= 0.3 is 0 Å². The SMILES string of the molecule is Cc1cc(C)n(C2CCN(C(=O)CCc3ccc(O)cc3)C2)n1. The van der Waals surface area contributed by atoms with Crippen molar-refractivity contribution in [1.29, 1.82) is 0 Å². The minimum atomic E-state index is 0.196. The van der Waals surface area contributed by atoms with Gasteiger partial charge in [0.2, 0.25) is 5.91 Å². The number of hydrogen-bond donors (Lipinski definition) is 1. The number of carbonyl (C=O) groups is 1. The molecule has 0 radical (unpaired) electrons. The molecule has 1 fully saturated rings. The van der Waals surface area contributed by atoms with E-state index in [4.69, 9.17) is 0 Å². The van der Waals surface area contributed by atoms with Crippen LogP contribution in [0.15, 0.2) is 30.3 Å². The first-order chi connectivity index (χ1) is 11.0. The van der Waals surface area contributed by atoms with Gasteiger partial charge in [-0.3, -0.25) is 9.48 Å².